The molecule has 0 unspecified atom stereocenters. The summed E-state index contributed by atoms with van der Waals surface area (Å²) >= 11 is 0. The number of rotatable bonds is 6. The SMILES string of the molecule is CC.CCN(CCCNC)C(C)C. The molecule has 2 nitrogen and oxygen atoms in total. The molecule has 0 amide bonds. The molecule has 0 aliphatic heterocycles. The lowest BCUT2D eigenvalue weighted by Crippen LogP contribution is -2.32. The third-order valence-electron chi connectivity index (χ3n) is 2.01. The summed E-state index contributed by atoms with van der Waals surface area (Å²) < 4.78 is 0. The Morgan fingerprint density at radius 1 is 1.23 bits per heavy atom. The monoisotopic (exact) mass is 188 g/mol. The number of nitrogens with zero attached hydrogens (tertiary/aromatic N) is 1. The van der Waals surface area contributed by atoms with Gasteiger partial charge in [0.15, 0.2) is 0 Å². The highest BCUT2D eigenvalue weighted by Crippen LogP contribution is 1.97. The molecule has 1 N–H and O–H groups in total. The van der Waals surface area contributed by atoms with Crippen molar-refractivity contribution in [2.24, 2.45) is 0 Å². The predicted octanol–water partition coefficient (Wildman–Crippen LogP) is 2.35. The van der Waals surface area contributed by atoms with Crippen molar-refractivity contribution in [3.8, 4) is 0 Å². The molecular formula is C11H28N2. The van der Waals surface area contributed by atoms with Crippen LogP contribution in [0.25, 0.3) is 0 Å². The minimum atomic E-state index is 0.692. The van der Waals surface area contributed by atoms with Crippen LogP contribution >= 0.6 is 0 Å². The minimum absolute atomic E-state index is 0.692. The highest BCUT2D eigenvalue weighted by atomic mass is 15.1. The van der Waals surface area contributed by atoms with Crippen molar-refractivity contribution in [3.05, 3.63) is 0 Å². The lowest BCUT2D eigenvalue weighted by atomic mass is 10.3. The first kappa shape index (κ1) is 15.4. The Bertz CT molecular complexity index is 82.2. The molecule has 0 spiro atoms. The van der Waals surface area contributed by atoms with Crippen LogP contribution in [0.4, 0.5) is 0 Å². The molecule has 0 aromatic rings. The molecule has 2 heteroatoms. The molecule has 0 rings (SSSR count). The van der Waals surface area contributed by atoms with Crippen molar-refractivity contribution >= 4 is 0 Å². The van der Waals surface area contributed by atoms with E-state index < -0.39 is 0 Å². The van der Waals surface area contributed by atoms with Crippen molar-refractivity contribution < 1.29 is 0 Å². The largest absolute Gasteiger partial charge is 0.320 e. The summed E-state index contributed by atoms with van der Waals surface area (Å²) in [5, 5.41) is 3.16. The molecule has 82 valence electrons. The highest BCUT2D eigenvalue weighted by molar-refractivity contribution is 4.60. The highest BCUT2D eigenvalue weighted by Gasteiger charge is 2.04. The number of nitrogens with one attached hydrogen (secondary N) is 1. The van der Waals surface area contributed by atoms with Gasteiger partial charge in [0.25, 0.3) is 0 Å². The molecule has 0 saturated carbocycles. The van der Waals surface area contributed by atoms with E-state index in [-0.39, 0.29) is 0 Å². The molecule has 0 aromatic heterocycles. The van der Waals surface area contributed by atoms with Gasteiger partial charge in [0, 0.05) is 6.04 Å². The van der Waals surface area contributed by atoms with Gasteiger partial charge in [-0.05, 0) is 47.0 Å². The second-order valence-corrected chi connectivity index (χ2v) is 3.18. The van der Waals surface area contributed by atoms with Gasteiger partial charge in [0.1, 0.15) is 0 Å². The molecule has 0 aromatic carbocycles. The van der Waals surface area contributed by atoms with Gasteiger partial charge in [0.05, 0.1) is 0 Å². The summed E-state index contributed by atoms with van der Waals surface area (Å²) in [6.45, 7) is 14.2. The smallest absolute Gasteiger partial charge is 0.00384 e. The van der Waals surface area contributed by atoms with Crippen molar-refractivity contribution in [1.82, 2.24) is 10.2 Å². The summed E-state index contributed by atoms with van der Waals surface area (Å²) in [4.78, 5) is 2.48. The molecule has 0 saturated heterocycles. The van der Waals surface area contributed by atoms with Crippen LogP contribution in [0.15, 0.2) is 0 Å². The maximum atomic E-state index is 3.16. The van der Waals surface area contributed by atoms with E-state index in [0.29, 0.717) is 6.04 Å². The van der Waals surface area contributed by atoms with E-state index in [1.54, 1.807) is 0 Å². The second-order valence-electron chi connectivity index (χ2n) is 3.18. The summed E-state index contributed by atoms with van der Waals surface area (Å²) in [5.74, 6) is 0. The summed E-state index contributed by atoms with van der Waals surface area (Å²) in [7, 11) is 2.01. The van der Waals surface area contributed by atoms with Crippen LogP contribution in [0, 0.1) is 0 Å². The summed E-state index contributed by atoms with van der Waals surface area (Å²) in [6, 6.07) is 0.692. The van der Waals surface area contributed by atoms with Crippen molar-refractivity contribution in [2.75, 3.05) is 26.7 Å². The van der Waals surface area contributed by atoms with Crippen LogP contribution in [-0.2, 0) is 0 Å². The fraction of sp³-hybridized carbons (Fsp3) is 1.00. The Kier molecular flexibility index (Phi) is 14.1. The maximum absolute atomic E-state index is 3.16. The molecule has 13 heavy (non-hydrogen) atoms. The Hall–Kier alpha value is -0.0800. The van der Waals surface area contributed by atoms with Gasteiger partial charge < -0.3 is 10.2 Å². The zero-order valence-corrected chi connectivity index (χ0v) is 10.4. The van der Waals surface area contributed by atoms with Crippen molar-refractivity contribution in [3.63, 3.8) is 0 Å². The van der Waals surface area contributed by atoms with Crippen LogP contribution in [0.5, 0.6) is 0 Å². The van der Waals surface area contributed by atoms with Gasteiger partial charge in [-0.15, -0.1) is 0 Å². The van der Waals surface area contributed by atoms with Gasteiger partial charge in [-0.1, -0.05) is 20.8 Å². The Morgan fingerprint density at radius 2 is 1.77 bits per heavy atom. The third kappa shape index (κ3) is 9.84. The van der Waals surface area contributed by atoms with E-state index in [2.05, 4.69) is 31.0 Å². The molecule has 0 bridgehead atoms. The van der Waals surface area contributed by atoms with Crippen molar-refractivity contribution in [2.45, 2.75) is 47.1 Å². The molecule has 0 radical (unpaired) electrons. The fourth-order valence-corrected chi connectivity index (χ4v) is 1.24. The second kappa shape index (κ2) is 11.9. The van der Waals surface area contributed by atoms with Crippen LogP contribution in [0.1, 0.15) is 41.0 Å². The van der Waals surface area contributed by atoms with Gasteiger partial charge in [0.2, 0.25) is 0 Å². The van der Waals surface area contributed by atoms with Gasteiger partial charge in [-0.3, -0.25) is 0 Å². The quantitative estimate of drug-likeness (QED) is 0.644. The third-order valence-corrected chi connectivity index (χ3v) is 2.01. The summed E-state index contributed by atoms with van der Waals surface area (Å²) in [5.41, 5.74) is 0. The van der Waals surface area contributed by atoms with Crippen LogP contribution in [-0.4, -0.2) is 37.6 Å². The van der Waals surface area contributed by atoms with E-state index in [0.717, 1.165) is 6.54 Å². The first-order valence-electron chi connectivity index (χ1n) is 5.61. The first-order chi connectivity index (χ1) is 6.22. The zero-order chi connectivity index (χ0) is 10.7. The van der Waals surface area contributed by atoms with Gasteiger partial charge in [-0.2, -0.15) is 0 Å². The van der Waals surface area contributed by atoms with Crippen molar-refractivity contribution in [1.29, 1.82) is 0 Å². The molecular weight excluding hydrogens is 160 g/mol. The lowest BCUT2D eigenvalue weighted by Gasteiger charge is -2.24. The lowest BCUT2D eigenvalue weighted by molar-refractivity contribution is 0.231. The molecule has 0 fully saturated rings. The normalized spacial score (nSPS) is 10.2. The molecule has 0 aliphatic rings. The molecule has 0 aliphatic carbocycles. The van der Waals surface area contributed by atoms with Gasteiger partial charge in [-0.25, -0.2) is 0 Å². The van der Waals surface area contributed by atoms with Crippen LogP contribution in [0.3, 0.4) is 0 Å². The summed E-state index contributed by atoms with van der Waals surface area (Å²) in [6.07, 6.45) is 1.25. The average Bonchev–Trinajstić information content (AvgIpc) is 2.15. The van der Waals surface area contributed by atoms with Crippen LogP contribution < -0.4 is 5.32 Å². The first-order valence-corrected chi connectivity index (χ1v) is 5.61. The molecule has 0 atom stereocenters. The Morgan fingerprint density at radius 3 is 2.08 bits per heavy atom. The van der Waals surface area contributed by atoms with E-state index in [1.165, 1.54) is 19.5 Å². The number of hydrogen-bond donors (Lipinski definition) is 1. The van der Waals surface area contributed by atoms with Gasteiger partial charge >= 0.3 is 0 Å². The molecule has 0 heterocycles. The van der Waals surface area contributed by atoms with E-state index in [9.17, 15) is 0 Å². The van der Waals surface area contributed by atoms with E-state index in [4.69, 9.17) is 0 Å². The zero-order valence-electron chi connectivity index (χ0n) is 10.4. The minimum Gasteiger partial charge on any atom is -0.320 e. The topological polar surface area (TPSA) is 15.3 Å². The fourth-order valence-electron chi connectivity index (χ4n) is 1.24. The van der Waals surface area contributed by atoms with E-state index >= 15 is 0 Å². The van der Waals surface area contributed by atoms with E-state index in [1.807, 2.05) is 20.9 Å². The standard InChI is InChI=1S/C9H22N2.C2H6/c1-5-11(9(2)3)8-6-7-10-4;1-2/h9-10H,5-8H2,1-4H3;1-2H3. The van der Waals surface area contributed by atoms with Crippen LogP contribution in [0.2, 0.25) is 0 Å². The predicted molar refractivity (Wildman–Crippen MR) is 62.3 cm³/mol. The Labute approximate surface area is 84.7 Å². The number of hydrogen-bond acceptors (Lipinski definition) is 2. The average molecular weight is 188 g/mol. The maximum Gasteiger partial charge on any atom is 0.00384 e. The Balaban J connectivity index is 0.